The van der Waals surface area contributed by atoms with E-state index in [-0.39, 0.29) is 0 Å². The molecule has 0 spiro atoms. The van der Waals surface area contributed by atoms with Crippen molar-refractivity contribution in [3.8, 4) is 5.75 Å². The molecule has 2 atom stereocenters. The predicted octanol–water partition coefficient (Wildman–Crippen LogP) is 7.05. The molecule has 2 unspecified atom stereocenters. The van der Waals surface area contributed by atoms with Gasteiger partial charge in [0.05, 0.1) is 0 Å². The maximum absolute atomic E-state index is 10.3. The van der Waals surface area contributed by atoms with Crippen molar-refractivity contribution >= 4 is 0 Å². The van der Waals surface area contributed by atoms with Crippen LogP contribution in [0.2, 0.25) is 0 Å². The zero-order chi connectivity index (χ0) is 16.2. The van der Waals surface area contributed by atoms with Crippen molar-refractivity contribution in [2.24, 2.45) is 5.92 Å². The molecule has 1 aromatic carbocycles. The first-order valence-corrected chi connectivity index (χ1v) is 9.52. The van der Waals surface area contributed by atoms with E-state index < -0.39 is 0 Å². The molecule has 0 fully saturated rings. The summed E-state index contributed by atoms with van der Waals surface area (Å²) in [6.07, 6.45) is 13.0. The second-order valence-corrected chi connectivity index (χ2v) is 6.68. The molecular formula is C21H36O. The fourth-order valence-electron chi connectivity index (χ4n) is 3.65. The molecule has 1 rings (SSSR count). The number of unbranched alkanes of at least 4 members (excludes halogenated alkanes) is 5. The van der Waals surface area contributed by atoms with Gasteiger partial charge in [0.15, 0.2) is 0 Å². The average Bonchev–Trinajstić information content (AvgIpc) is 2.53. The molecular weight excluding hydrogens is 268 g/mol. The van der Waals surface area contributed by atoms with Crippen molar-refractivity contribution in [2.75, 3.05) is 0 Å². The molecule has 0 aromatic heterocycles. The zero-order valence-electron chi connectivity index (χ0n) is 15.0. The highest BCUT2D eigenvalue weighted by atomic mass is 16.3. The molecule has 1 aromatic rings. The molecule has 22 heavy (non-hydrogen) atoms. The summed E-state index contributed by atoms with van der Waals surface area (Å²) in [5, 5.41) is 10.3. The van der Waals surface area contributed by atoms with Crippen LogP contribution in [0.5, 0.6) is 5.75 Å². The van der Waals surface area contributed by atoms with Gasteiger partial charge >= 0.3 is 0 Å². The molecule has 0 bridgehead atoms. The highest BCUT2D eigenvalue weighted by Crippen LogP contribution is 2.39. The molecule has 0 aliphatic heterocycles. The third-order valence-corrected chi connectivity index (χ3v) is 4.96. The lowest BCUT2D eigenvalue weighted by atomic mass is 9.78. The predicted molar refractivity (Wildman–Crippen MR) is 97.5 cm³/mol. The summed E-state index contributed by atoms with van der Waals surface area (Å²) < 4.78 is 0. The summed E-state index contributed by atoms with van der Waals surface area (Å²) in [6.45, 7) is 6.84. The summed E-state index contributed by atoms with van der Waals surface area (Å²) in [5.74, 6) is 1.72. The Hall–Kier alpha value is -0.980. The van der Waals surface area contributed by atoms with Crippen LogP contribution >= 0.6 is 0 Å². The number of hydrogen-bond donors (Lipinski definition) is 1. The Labute approximate surface area is 138 Å². The Bertz CT molecular complexity index is 385. The smallest absolute Gasteiger partial charge is 0.119 e. The fraction of sp³-hybridized carbons (Fsp3) is 0.714. The molecule has 0 aliphatic carbocycles. The number of aromatic hydroxyl groups is 1. The van der Waals surface area contributed by atoms with Crippen molar-refractivity contribution in [1.29, 1.82) is 0 Å². The van der Waals surface area contributed by atoms with E-state index in [4.69, 9.17) is 0 Å². The molecule has 126 valence electrons. The van der Waals surface area contributed by atoms with Crippen molar-refractivity contribution in [2.45, 2.75) is 90.9 Å². The van der Waals surface area contributed by atoms with Crippen molar-refractivity contribution in [3.63, 3.8) is 0 Å². The van der Waals surface area contributed by atoms with Crippen LogP contribution < -0.4 is 0 Å². The first-order valence-electron chi connectivity index (χ1n) is 9.52. The van der Waals surface area contributed by atoms with Crippen LogP contribution in [-0.4, -0.2) is 5.11 Å². The molecule has 0 saturated carbocycles. The molecule has 1 nitrogen and oxygen atoms in total. The van der Waals surface area contributed by atoms with Gasteiger partial charge < -0.3 is 5.11 Å². The number of hydrogen-bond acceptors (Lipinski definition) is 1. The number of benzene rings is 1. The van der Waals surface area contributed by atoms with E-state index in [1.165, 1.54) is 69.8 Å². The van der Waals surface area contributed by atoms with Crippen LogP contribution in [0.3, 0.4) is 0 Å². The van der Waals surface area contributed by atoms with Gasteiger partial charge in [-0.1, -0.05) is 96.8 Å². The Balaban J connectivity index is 2.64. The molecule has 0 aliphatic rings. The third-order valence-electron chi connectivity index (χ3n) is 4.96. The van der Waals surface area contributed by atoms with E-state index in [1.54, 1.807) is 0 Å². The van der Waals surface area contributed by atoms with Crippen LogP contribution in [0.15, 0.2) is 24.3 Å². The van der Waals surface area contributed by atoms with Crippen molar-refractivity contribution < 1.29 is 5.11 Å². The summed E-state index contributed by atoms with van der Waals surface area (Å²) in [4.78, 5) is 0. The molecule has 0 heterocycles. The van der Waals surface area contributed by atoms with Crippen LogP contribution in [0.1, 0.15) is 96.5 Å². The van der Waals surface area contributed by atoms with Gasteiger partial charge in [-0.25, -0.2) is 0 Å². The van der Waals surface area contributed by atoms with Gasteiger partial charge in [0.1, 0.15) is 5.75 Å². The molecule has 0 amide bonds. The average molecular weight is 305 g/mol. The van der Waals surface area contributed by atoms with Gasteiger partial charge in [-0.05, 0) is 29.9 Å². The van der Waals surface area contributed by atoms with Crippen molar-refractivity contribution in [1.82, 2.24) is 0 Å². The molecule has 0 saturated heterocycles. The van der Waals surface area contributed by atoms with Gasteiger partial charge in [-0.3, -0.25) is 0 Å². The van der Waals surface area contributed by atoms with Gasteiger partial charge in [0.2, 0.25) is 0 Å². The van der Waals surface area contributed by atoms with Gasteiger partial charge in [-0.2, -0.15) is 0 Å². The second-order valence-electron chi connectivity index (χ2n) is 6.68. The Morgan fingerprint density at radius 1 is 0.818 bits per heavy atom. The van der Waals surface area contributed by atoms with Gasteiger partial charge in [-0.15, -0.1) is 0 Å². The number of phenolic OH excluding ortho intramolecular Hbond substituents is 1. The Kier molecular flexibility index (Phi) is 10.0. The highest BCUT2D eigenvalue weighted by Gasteiger charge is 2.23. The maximum atomic E-state index is 10.3. The second kappa shape index (κ2) is 11.6. The number of para-hydroxylation sites is 1. The minimum atomic E-state index is 0.494. The fourth-order valence-corrected chi connectivity index (χ4v) is 3.65. The zero-order valence-corrected chi connectivity index (χ0v) is 15.0. The van der Waals surface area contributed by atoms with Crippen LogP contribution in [0.4, 0.5) is 0 Å². The first-order chi connectivity index (χ1) is 10.7. The standard InChI is InChI=1S/C21H36O/c1-4-7-8-9-10-11-15-19(18(6-3)14-5-2)20-16-12-13-17-21(20)22/h12-13,16-19,22H,4-11,14-15H2,1-3H3. The largest absolute Gasteiger partial charge is 0.508 e. The minimum absolute atomic E-state index is 0.494. The lowest BCUT2D eigenvalue weighted by Gasteiger charge is -2.27. The number of rotatable bonds is 12. The minimum Gasteiger partial charge on any atom is -0.508 e. The van der Waals surface area contributed by atoms with E-state index in [1.807, 2.05) is 12.1 Å². The van der Waals surface area contributed by atoms with E-state index >= 15 is 0 Å². The normalized spacial score (nSPS) is 14.0. The maximum Gasteiger partial charge on any atom is 0.119 e. The lowest BCUT2D eigenvalue weighted by Crippen LogP contribution is -2.13. The SMILES string of the molecule is CCCCCCCCC(c1ccccc1O)C(CC)CCC. The van der Waals surface area contributed by atoms with Crippen molar-refractivity contribution in [3.05, 3.63) is 29.8 Å². The highest BCUT2D eigenvalue weighted by molar-refractivity contribution is 5.35. The summed E-state index contributed by atoms with van der Waals surface area (Å²) in [7, 11) is 0. The molecule has 1 heteroatoms. The lowest BCUT2D eigenvalue weighted by molar-refractivity contribution is 0.341. The monoisotopic (exact) mass is 304 g/mol. The van der Waals surface area contributed by atoms with E-state index in [0.717, 1.165) is 0 Å². The van der Waals surface area contributed by atoms with Crippen LogP contribution in [-0.2, 0) is 0 Å². The third kappa shape index (κ3) is 6.42. The van der Waals surface area contributed by atoms with Crippen LogP contribution in [0.25, 0.3) is 0 Å². The Morgan fingerprint density at radius 3 is 2.14 bits per heavy atom. The summed E-state index contributed by atoms with van der Waals surface area (Å²) >= 11 is 0. The quantitative estimate of drug-likeness (QED) is 0.410. The summed E-state index contributed by atoms with van der Waals surface area (Å²) in [6, 6.07) is 7.99. The topological polar surface area (TPSA) is 20.2 Å². The first kappa shape index (κ1) is 19.1. The number of phenols is 1. The van der Waals surface area contributed by atoms with E-state index in [2.05, 4.69) is 32.9 Å². The summed E-state index contributed by atoms with van der Waals surface area (Å²) in [5.41, 5.74) is 1.18. The van der Waals surface area contributed by atoms with Gasteiger partial charge in [0.25, 0.3) is 0 Å². The Morgan fingerprint density at radius 2 is 1.50 bits per heavy atom. The van der Waals surface area contributed by atoms with Gasteiger partial charge in [0, 0.05) is 0 Å². The molecule has 0 radical (unpaired) electrons. The van der Waals surface area contributed by atoms with Crippen LogP contribution in [0, 0.1) is 5.92 Å². The molecule has 1 N–H and O–H groups in total. The van der Waals surface area contributed by atoms with E-state index in [0.29, 0.717) is 17.6 Å². The van der Waals surface area contributed by atoms with E-state index in [9.17, 15) is 5.11 Å².